The number of fused-ring (bicyclic) bond motifs is 6. The summed E-state index contributed by atoms with van der Waals surface area (Å²) in [5.41, 5.74) is 20.1. The molecule has 0 aliphatic carbocycles. The molecule has 13 rings (SSSR count). The number of hydrogen-bond acceptors (Lipinski definition) is 2. The molecule has 0 aliphatic rings. The molecular weight excluding hydrogens is 837 g/mol. The van der Waals surface area contributed by atoms with Crippen molar-refractivity contribution in [1.29, 1.82) is 0 Å². The zero-order chi connectivity index (χ0) is 45.7. The lowest BCUT2D eigenvalue weighted by molar-refractivity contribution is 0.669. The summed E-state index contributed by atoms with van der Waals surface area (Å²) >= 11 is 0. The molecule has 0 atom stereocenters. The summed E-state index contributed by atoms with van der Waals surface area (Å²) in [5.74, 6) is 0. The molecular formula is C66H44N2O. The third-order valence-corrected chi connectivity index (χ3v) is 13.6. The fourth-order valence-corrected chi connectivity index (χ4v) is 10.4. The van der Waals surface area contributed by atoms with Gasteiger partial charge in [-0.05, 0) is 123 Å². The van der Waals surface area contributed by atoms with Gasteiger partial charge in [-0.15, -0.1) is 0 Å². The molecule has 0 saturated carbocycles. The number of rotatable bonds is 9. The van der Waals surface area contributed by atoms with Crippen molar-refractivity contribution < 1.29 is 4.42 Å². The highest BCUT2D eigenvalue weighted by molar-refractivity contribution is 6.09. The molecule has 13 aromatic rings. The Kier molecular flexibility index (Phi) is 9.84. The van der Waals surface area contributed by atoms with Gasteiger partial charge in [0.1, 0.15) is 11.2 Å². The highest BCUT2D eigenvalue weighted by atomic mass is 16.3. The van der Waals surface area contributed by atoms with Crippen molar-refractivity contribution in [2.75, 3.05) is 4.90 Å². The minimum absolute atomic E-state index is 0.890. The van der Waals surface area contributed by atoms with Gasteiger partial charge in [-0.25, -0.2) is 0 Å². The quantitative estimate of drug-likeness (QED) is 0.144. The van der Waals surface area contributed by atoms with Gasteiger partial charge in [0.2, 0.25) is 0 Å². The average molecular weight is 881 g/mol. The molecule has 0 saturated heterocycles. The number of benzene rings is 11. The Labute approximate surface area is 401 Å². The van der Waals surface area contributed by atoms with Crippen LogP contribution < -0.4 is 4.90 Å². The molecule has 0 unspecified atom stereocenters. The standard InChI is InChI=1S/C66H44N2O/c1-2-17-47(18-3-1)53-21-4-5-22-54(53)55-23-6-7-24-56(55)57-25-8-12-29-62(57)67(51-40-35-46(36-41-51)49-37-42-61-60-28-11-15-32-65(60)69-66(61)44-49)50-38-33-45(34-39-50)48-19-16-20-52(43-48)68-63-30-13-9-26-58(63)59-27-10-14-31-64(59)68/h1-44H. The van der Waals surface area contributed by atoms with Crippen LogP contribution in [0.1, 0.15) is 0 Å². The number of nitrogens with zero attached hydrogens (tertiary/aromatic N) is 2. The van der Waals surface area contributed by atoms with E-state index < -0.39 is 0 Å². The summed E-state index contributed by atoms with van der Waals surface area (Å²) in [4.78, 5) is 2.40. The smallest absolute Gasteiger partial charge is 0.136 e. The first-order valence-corrected chi connectivity index (χ1v) is 23.6. The Morgan fingerprint density at radius 2 is 0.739 bits per heavy atom. The predicted molar refractivity (Wildman–Crippen MR) is 290 cm³/mol. The monoisotopic (exact) mass is 880 g/mol. The van der Waals surface area contributed by atoms with Gasteiger partial charge in [-0.2, -0.15) is 0 Å². The van der Waals surface area contributed by atoms with Crippen LogP contribution in [-0.2, 0) is 0 Å². The van der Waals surface area contributed by atoms with E-state index in [1.54, 1.807) is 0 Å². The lowest BCUT2D eigenvalue weighted by atomic mass is 9.88. The third-order valence-electron chi connectivity index (χ3n) is 13.6. The lowest BCUT2D eigenvalue weighted by Crippen LogP contribution is -2.11. The molecule has 69 heavy (non-hydrogen) atoms. The molecule has 0 radical (unpaired) electrons. The Bertz CT molecular complexity index is 3960. The minimum Gasteiger partial charge on any atom is -0.456 e. The van der Waals surface area contributed by atoms with E-state index in [0.29, 0.717) is 0 Å². The third kappa shape index (κ3) is 7.08. The van der Waals surface area contributed by atoms with Crippen molar-refractivity contribution in [3.63, 3.8) is 0 Å². The highest BCUT2D eigenvalue weighted by Crippen LogP contribution is 2.46. The summed E-state index contributed by atoms with van der Waals surface area (Å²) in [6.07, 6.45) is 0. The van der Waals surface area contributed by atoms with Gasteiger partial charge >= 0.3 is 0 Å². The Balaban J connectivity index is 0.930. The molecule has 0 N–H and O–H groups in total. The molecule has 0 spiro atoms. The highest BCUT2D eigenvalue weighted by Gasteiger charge is 2.21. The normalized spacial score (nSPS) is 11.5. The fraction of sp³-hybridized carbons (Fsp3) is 0. The van der Waals surface area contributed by atoms with Crippen molar-refractivity contribution in [3.05, 3.63) is 267 Å². The van der Waals surface area contributed by atoms with Crippen LogP contribution in [0.2, 0.25) is 0 Å². The molecule has 0 aliphatic heterocycles. The second-order valence-corrected chi connectivity index (χ2v) is 17.6. The maximum atomic E-state index is 6.31. The molecule has 0 bridgehead atoms. The Morgan fingerprint density at radius 1 is 0.275 bits per heavy atom. The second kappa shape index (κ2) is 16.9. The molecule has 324 valence electrons. The molecule has 3 nitrogen and oxygen atoms in total. The predicted octanol–water partition coefficient (Wildman–Crippen LogP) is 18.5. The maximum Gasteiger partial charge on any atom is 0.136 e. The first kappa shape index (κ1) is 40.1. The van der Waals surface area contributed by atoms with Crippen molar-refractivity contribution in [1.82, 2.24) is 4.57 Å². The fourth-order valence-electron chi connectivity index (χ4n) is 10.4. The van der Waals surface area contributed by atoms with Crippen molar-refractivity contribution >= 4 is 60.8 Å². The largest absolute Gasteiger partial charge is 0.456 e. The van der Waals surface area contributed by atoms with E-state index in [2.05, 4.69) is 264 Å². The summed E-state index contributed by atoms with van der Waals surface area (Å²) in [6.45, 7) is 0. The van der Waals surface area contributed by atoms with Crippen LogP contribution in [0, 0.1) is 0 Å². The average Bonchev–Trinajstić information content (AvgIpc) is 3.97. The van der Waals surface area contributed by atoms with E-state index in [0.717, 1.165) is 78.1 Å². The number of anilines is 3. The van der Waals surface area contributed by atoms with Crippen LogP contribution in [0.25, 0.3) is 105 Å². The van der Waals surface area contributed by atoms with Gasteiger partial charge in [0.25, 0.3) is 0 Å². The Hall–Kier alpha value is -9.18. The van der Waals surface area contributed by atoms with Crippen LogP contribution in [0.15, 0.2) is 271 Å². The number of para-hydroxylation sites is 4. The van der Waals surface area contributed by atoms with Crippen molar-refractivity contribution in [2.45, 2.75) is 0 Å². The summed E-state index contributed by atoms with van der Waals surface area (Å²) in [5, 5.41) is 4.77. The van der Waals surface area contributed by atoms with E-state index >= 15 is 0 Å². The van der Waals surface area contributed by atoms with Gasteiger partial charge in [0.05, 0.1) is 16.7 Å². The lowest BCUT2D eigenvalue weighted by Gasteiger charge is -2.29. The topological polar surface area (TPSA) is 21.3 Å². The van der Waals surface area contributed by atoms with E-state index in [9.17, 15) is 0 Å². The van der Waals surface area contributed by atoms with Gasteiger partial charge in [-0.1, -0.05) is 194 Å². The van der Waals surface area contributed by atoms with Crippen LogP contribution in [0.5, 0.6) is 0 Å². The summed E-state index contributed by atoms with van der Waals surface area (Å²) in [6, 6.07) is 96.2. The van der Waals surface area contributed by atoms with E-state index in [1.165, 1.54) is 44.1 Å². The van der Waals surface area contributed by atoms with E-state index in [-0.39, 0.29) is 0 Å². The zero-order valence-corrected chi connectivity index (χ0v) is 37.7. The van der Waals surface area contributed by atoms with Crippen LogP contribution in [0.3, 0.4) is 0 Å². The minimum atomic E-state index is 0.890. The SMILES string of the molecule is c1ccc(-c2ccccc2-c2ccccc2-c2ccccc2N(c2ccc(-c3cccc(-n4c5ccccc5c5ccccc54)c3)cc2)c2ccc(-c3ccc4c(c3)oc3ccccc34)cc2)cc1. The van der Waals surface area contributed by atoms with Crippen LogP contribution in [-0.4, -0.2) is 4.57 Å². The number of furan rings is 1. The first-order valence-electron chi connectivity index (χ1n) is 23.6. The van der Waals surface area contributed by atoms with Crippen molar-refractivity contribution in [3.8, 4) is 61.3 Å². The van der Waals surface area contributed by atoms with Crippen molar-refractivity contribution in [2.24, 2.45) is 0 Å². The molecule has 2 aromatic heterocycles. The Morgan fingerprint density at radius 3 is 1.41 bits per heavy atom. The van der Waals surface area contributed by atoms with E-state index in [1.807, 2.05) is 12.1 Å². The number of hydrogen-bond donors (Lipinski definition) is 0. The van der Waals surface area contributed by atoms with Crippen LogP contribution >= 0.6 is 0 Å². The summed E-state index contributed by atoms with van der Waals surface area (Å²) < 4.78 is 8.70. The molecule has 2 heterocycles. The first-order chi connectivity index (χ1) is 34.2. The summed E-state index contributed by atoms with van der Waals surface area (Å²) in [7, 11) is 0. The van der Waals surface area contributed by atoms with Gasteiger partial charge in [0.15, 0.2) is 0 Å². The zero-order valence-electron chi connectivity index (χ0n) is 37.7. The molecule has 0 fully saturated rings. The van der Waals surface area contributed by atoms with Gasteiger partial charge in [0, 0.05) is 44.2 Å². The maximum absolute atomic E-state index is 6.31. The second-order valence-electron chi connectivity index (χ2n) is 17.6. The van der Waals surface area contributed by atoms with Crippen LogP contribution in [0.4, 0.5) is 17.1 Å². The number of aromatic nitrogens is 1. The molecule has 3 heteroatoms. The molecule has 0 amide bonds. The van der Waals surface area contributed by atoms with E-state index in [4.69, 9.17) is 4.42 Å². The molecule has 11 aromatic carbocycles. The van der Waals surface area contributed by atoms with Gasteiger partial charge in [-0.3, -0.25) is 0 Å². The van der Waals surface area contributed by atoms with Gasteiger partial charge < -0.3 is 13.9 Å².